The van der Waals surface area contributed by atoms with Crippen molar-refractivity contribution in [3.63, 3.8) is 0 Å². The van der Waals surface area contributed by atoms with E-state index in [1.54, 1.807) is 41.3 Å². The normalized spacial score (nSPS) is 18.0. The minimum absolute atomic E-state index is 0.171. The molecule has 4 aromatic rings. The summed E-state index contributed by atoms with van der Waals surface area (Å²) in [6.07, 6.45) is 4.15. The molecule has 1 unspecified atom stereocenters. The maximum Gasteiger partial charge on any atom is 0.410 e. The molecule has 2 aromatic carbocycles. The van der Waals surface area contributed by atoms with Crippen LogP contribution in [0.1, 0.15) is 25.3 Å². The molecule has 0 saturated carbocycles. The Morgan fingerprint density at radius 1 is 1.11 bits per heavy atom. The average Bonchev–Trinajstić information content (AvgIpc) is 3.35. The van der Waals surface area contributed by atoms with E-state index >= 15 is 0 Å². The zero-order chi connectivity index (χ0) is 26.0. The van der Waals surface area contributed by atoms with Gasteiger partial charge in [0.15, 0.2) is 5.65 Å². The molecule has 1 aliphatic heterocycles. The van der Waals surface area contributed by atoms with Crippen molar-refractivity contribution in [2.75, 3.05) is 24.1 Å². The van der Waals surface area contributed by atoms with Crippen molar-refractivity contribution in [1.29, 1.82) is 0 Å². The number of amides is 1. The minimum atomic E-state index is -3.83. The second-order valence-electron chi connectivity index (χ2n) is 9.51. The van der Waals surface area contributed by atoms with Crippen LogP contribution in [0, 0.1) is 0 Å². The highest BCUT2D eigenvalue weighted by atomic mass is 32.2. The number of nitrogen functional groups attached to an aromatic ring is 1. The fraction of sp³-hybridized carbons (Fsp3) is 0.259. The van der Waals surface area contributed by atoms with Crippen LogP contribution in [0.3, 0.4) is 0 Å². The molecule has 9 nitrogen and oxygen atoms in total. The maximum atomic E-state index is 13.3. The first-order valence-corrected chi connectivity index (χ1v) is 13.5. The first-order valence-electron chi connectivity index (χ1n) is 12.1. The number of fused-ring (bicyclic) bond motifs is 1. The molecule has 1 aliphatic rings. The van der Waals surface area contributed by atoms with Crippen LogP contribution >= 0.6 is 0 Å². The average molecular weight is 520 g/mol. The van der Waals surface area contributed by atoms with Gasteiger partial charge in [-0.1, -0.05) is 48.5 Å². The van der Waals surface area contributed by atoms with Gasteiger partial charge in [-0.15, -0.1) is 0 Å². The molecule has 1 fully saturated rings. The van der Waals surface area contributed by atoms with E-state index in [-0.39, 0.29) is 23.2 Å². The van der Waals surface area contributed by atoms with Crippen molar-refractivity contribution in [3.05, 3.63) is 84.7 Å². The van der Waals surface area contributed by atoms with Gasteiger partial charge < -0.3 is 20.7 Å². The summed E-state index contributed by atoms with van der Waals surface area (Å²) in [5.41, 5.74) is 7.99. The van der Waals surface area contributed by atoms with Gasteiger partial charge in [0.1, 0.15) is 6.61 Å². The summed E-state index contributed by atoms with van der Waals surface area (Å²) >= 11 is 0. The highest BCUT2D eigenvalue weighted by Gasteiger charge is 2.35. The number of hydrogen-bond acceptors (Lipinski definition) is 7. The number of aromatic nitrogens is 2. The van der Waals surface area contributed by atoms with Crippen LogP contribution in [-0.2, 0) is 21.4 Å². The van der Waals surface area contributed by atoms with E-state index in [0.29, 0.717) is 29.9 Å². The molecule has 10 heteroatoms. The summed E-state index contributed by atoms with van der Waals surface area (Å²) in [6, 6.07) is 19.5. The molecular formula is C27H29N5O4S. The number of anilines is 2. The minimum Gasteiger partial charge on any atom is -0.445 e. The molecule has 1 atom stereocenters. The molecule has 0 spiro atoms. The predicted octanol–water partition coefficient (Wildman–Crippen LogP) is 4.46. The van der Waals surface area contributed by atoms with E-state index < -0.39 is 15.6 Å². The second-order valence-corrected chi connectivity index (χ2v) is 11.3. The third-order valence-electron chi connectivity index (χ3n) is 6.60. The summed E-state index contributed by atoms with van der Waals surface area (Å²) in [4.78, 5) is 19.0. The van der Waals surface area contributed by atoms with Crippen molar-refractivity contribution < 1.29 is 17.9 Å². The highest BCUT2D eigenvalue weighted by Crippen LogP contribution is 2.35. The number of hydrogen-bond donors (Lipinski definition) is 2. The number of carbonyl (C=O) groups excluding carboxylic acids is 1. The number of nitrogens with two attached hydrogens (primary N) is 1. The smallest absolute Gasteiger partial charge is 0.410 e. The molecular weight excluding hydrogens is 490 g/mol. The van der Waals surface area contributed by atoms with Gasteiger partial charge in [-0.2, -0.15) is 0 Å². The zero-order valence-corrected chi connectivity index (χ0v) is 21.3. The number of benzene rings is 2. The molecule has 5 rings (SSSR count). The van der Waals surface area contributed by atoms with Crippen molar-refractivity contribution in [1.82, 2.24) is 13.9 Å². The second kappa shape index (κ2) is 9.78. The fourth-order valence-electron chi connectivity index (χ4n) is 4.73. The summed E-state index contributed by atoms with van der Waals surface area (Å²) in [6.45, 7) is 3.24. The van der Waals surface area contributed by atoms with E-state index in [1.165, 1.54) is 16.4 Å². The number of ether oxygens (including phenoxy) is 1. The van der Waals surface area contributed by atoms with E-state index in [1.807, 2.05) is 37.3 Å². The molecule has 3 heterocycles. The molecule has 0 bridgehead atoms. The lowest BCUT2D eigenvalue weighted by molar-refractivity contribution is 0.0787. The lowest BCUT2D eigenvalue weighted by atomic mass is 9.90. The molecule has 37 heavy (non-hydrogen) atoms. The van der Waals surface area contributed by atoms with Gasteiger partial charge >= 0.3 is 6.09 Å². The maximum absolute atomic E-state index is 13.3. The SMILES string of the molecule is CC1(Nc2c(N)cnc3c2ccn3S(=O)(=O)c2ccccc2)CCCN(C(=O)OCc2ccccc2)C1. The Hall–Kier alpha value is -4.05. The van der Waals surface area contributed by atoms with Gasteiger partial charge in [0, 0.05) is 24.7 Å². The summed E-state index contributed by atoms with van der Waals surface area (Å²) in [7, 11) is -3.83. The number of nitrogens with zero attached hydrogens (tertiary/aromatic N) is 3. The van der Waals surface area contributed by atoms with E-state index in [2.05, 4.69) is 10.3 Å². The molecule has 1 amide bonds. The van der Waals surface area contributed by atoms with Crippen molar-refractivity contribution in [2.24, 2.45) is 0 Å². The lowest BCUT2D eigenvalue weighted by Gasteiger charge is -2.41. The first kappa shape index (κ1) is 24.6. The fourth-order valence-corrected chi connectivity index (χ4v) is 6.05. The van der Waals surface area contributed by atoms with Crippen LogP contribution in [0.2, 0.25) is 0 Å². The van der Waals surface area contributed by atoms with Crippen molar-refractivity contribution in [2.45, 2.75) is 36.8 Å². The van der Waals surface area contributed by atoms with Gasteiger partial charge in [0.05, 0.1) is 28.0 Å². The summed E-state index contributed by atoms with van der Waals surface area (Å²) in [5, 5.41) is 4.10. The van der Waals surface area contributed by atoms with Crippen LogP contribution in [-0.4, -0.2) is 47.0 Å². The summed E-state index contributed by atoms with van der Waals surface area (Å²) < 4.78 is 33.2. The molecule has 1 saturated heterocycles. The Morgan fingerprint density at radius 2 is 1.81 bits per heavy atom. The first-order chi connectivity index (χ1) is 17.8. The molecule has 0 aliphatic carbocycles. The Balaban J connectivity index is 1.38. The summed E-state index contributed by atoms with van der Waals surface area (Å²) in [5.74, 6) is 0. The van der Waals surface area contributed by atoms with Crippen LogP contribution in [0.15, 0.2) is 84.0 Å². The third-order valence-corrected chi connectivity index (χ3v) is 8.28. The van der Waals surface area contributed by atoms with Gasteiger partial charge in [-0.3, -0.25) is 0 Å². The number of likely N-dealkylation sites (tertiary alicyclic amines) is 1. The predicted molar refractivity (Wildman–Crippen MR) is 143 cm³/mol. The highest BCUT2D eigenvalue weighted by molar-refractivity contribution is 7.90. The van der Waals surface area contributed by atoms with Crippen molar-refractivity contribution >= 4 is 38.5 Å². The molecule has 192 valence electrons. The molecule has 2 aromatic heterocycles. The number of carbonyl (C=O) groups is 1. The lowest BCUT2D eigenvalue weighted by Crippen LogP contribution is -2.53. The largest absolute Gasteiger partial charge is 0.445 e. The topological polar surface area (TPSA) is 120 Å². The van der Waals surface area contributed by atoms with E-state index in [0.717, 1.165) is 18.4 Å². The van der Waals surface area contributed by atoms with Gasteiger partial charge in [0.2, 0.25) is 0 Å². The Kier molecular flexibility index (Phi) is 6.51. The Bertz CT molecular complexity index is 1520. The number of pyridine rings is 1. The van der Waals surface area contributed by atoms with Crippen LogP contribution < -0.4 is 11.1 Å². The number of nitrogens with one attached hydrogen (secondary N) is 1. The molecule has 0 radical (unpaired) electrons. The Morgan fingerprint density at radius 3 is 2.54 bits per heavy atom. The molecule has 3 N–H and O–H groups in total. The standard InChI is InChI=1S/C27H29N5O4S/c1-27(14-8-15-31(19-27)26(33)36-18-20-9-4-2-5-10-20)30-24-22-13-16-32(25(22)29-17-23(24)28)37(34,35)21-11-6-3-7-12-21/h2-7,9-13,16-17H,8,14-15,18-19,28H2,1H3,(H,29,30). The van der Waals surface area contributed by atoms with Gasteiger partial charge in [0.25, 0.3) is 10.0 Å². The van der Waals surface area contributed by atoms with Crippen LogP contribution in [0.5, 0.6) is 0 Å². The van der Waals surface area contributed by atoms with E-state index in [4.69, 9.17) is 10.5 Å². The Labute approximate surface area is 215 Å². The quantitative estimate of drug-likeness (QED) is 0.386. The zero-order valence-electron chi connectivity index (χ0n) is 20.5. The monoisotopic (exact) mass is 519 g/mol. The number of rotatable bonds is 6. The van der Waals surface area contributed by atoms with Crippen LogP contribution in [0.4, 0.5) is 16.2 Å². The van der Waals surface area contributed by atoms with Gasteiger partial charge in [-0.25, -0.2) is 22.2 Å². The number of piperidine rings is 1. The van der Waals surface area contributed by atoms with Crippen LogP contribution in [0.25, 0.3) is 11.0 Å². The van der Waals surface area contributed by atoms with Gasteiger partial charge in [-0.05, 0) is 43.5 Å². The third kappa shape index (κ3) is 4.97. The van der Waals surface area contributed by atoms with Crippen molar-refractivity contribution in [3.8, 4) is 0 Å². The van der Waals surface area contributed by atoms with E-state index in [9.17, 15) is 13.2 Å².